The molecule has 0 bridgehead atoms. The average Bonchev–Trinajstić information content (AvgIpc) is 2.64. The average molecular weight is 353 g/mol. The van der Waals surface area contributed by atoms with Gasteiger partial charge in [0.05, 0.1) is 12.7 Å². The van der Waals surface area contributed by atoms with Crippen LogP contribution in [0.5, 0.6) is 0 Å². The van der Waals surface area contributed by atoms with Gasteiger partial charge in [-0.3, -0.25) is 9.59 Å². The van der Waals surface area contributed by atoms with E-state index in [1.54, 1.807) is 18.2 Å². The lowest BCUT2D eigenvalue weighted by molar-refractivity contribution is 0.0801. The van der Waals surface area contributed by atoms with E-state index in [1.807, 2.05) is 30.3 Å². The van der Waals surface area contributed by atoms with Crippen molar-refractivity contribution >= 4 is 11.7 Å². The molecule has 0 unspecified atom stereocenters. The Labute approximate surface area is 152 Å². The lowest BCUT2D eigenvalue weighted by Gasteiger charge is -2.23. The Kier molecular flexibility index (Phi) is 5.81. The van der Waals surface area contributed by atoms with E-state index in [0.717, 1.165) is 36.0 Å². The molecule has 1 aliphatic rings. The molecule has 0 saturated heterocycles. The van der Waals surface area contributed by atoms with Gasteiger partial charge in [-0.15, -0.1) is 0 Å². The zero-order chi connectivity index (χ0) is 18.5. The van der Waals surface area contributed by atoms with Crippen LogP contribution in [0.15, 0.2) is 48.5 Å². The van der Waals surface area contributed by atoms with Crippen molar-refractivity contribution in [3.05, 3.63) is 59.7 Å². The summed E-state index contributed by atoms with van der Waals surface area (Å²) >= 11 is 0. The van der Waals surface area contributed by atoms with Crippen molar-refractivity contribution in [3.8, 4) is 11.1 Å². The predicted octanol–water partition coefficient (Wildman–Crippen LogP) is 2.42. The van der Waals surface area contributed by atoms with E-state index in [0.29, 0.717) is 5.56 Å². The second-order valence-electron chi connectivity index (χ2n) is 6.70. The van der Waals surface area contributed by atoms with Crippen molar-refractivity contribution in [1.29, 1.82) is 0 Å². The molecular formula is C21H23NO4. The molecule has 1 fully saturated rings. The van der Waals surface area contributed by atoms with Gasteiger partial charge >= 0.3 is 0 Å². The van der Waals surface area contributed by atoms with E-state index in [4.69, 9.17) is 5.11 Å². The molecule has 2 aromatic rings. The fourth-order valence-corrected chi connectivity index (χ4v) is 2.95. The van der Waals surface area contributed by atoms with E-state index in [9.17, 15) is 14.7 Å². The predicted molar refractivity (Wildman–Crippen MR) is 99.0 cm³/mol. The molecule has 1 aliphatic carbocycles. The van der Waals surface area contributed by atoms with Crippen LogP contribution in [0.2, 0.25) is 0 Å². The molecule has 0 heterocycles. The van der Waals surface area contributed by atoms with Gasteiger partial charge in [-0.05, 0) is 36.1 Å². The zero-order valence-corrected chi connectivity index (χ0v) is 14.5. The van der Waals surface area contributed by atoms with Crippen LogP contribution in [0.1, 0.15) is 40.0 Å². The highest BCUT2D eigenvalue weighted by Crippen LogP contribution is 2.30. The number of nitrogens with one attached hydrogen (secondary N) is 1. The SMILES string of the molecule is O=C(NC[C@@H](O)CO)c1cccc(-c2ccc(C(=O)C3CCC3)cc2)c1. The van der Waals surface area contributed by atoms with E-state index >= 15 is 0 Å². The molecule has 3 N–H and O–H groups in total. The summed E-state index contributed by atoms with van der Waals surface area (Å²) in [6, 6.07) is 14.7. The lowest BCUT2D eigenvalue weighted by Crippen LogP contribution is -2.33. The summed E-state index contributed by atoms with van der Waals surface area (Å²) in [6.45, 7) is -0.399. The normalized spacial score (nSPS) is 15.2. The van der Waals surface area contributed by atoms with Crippen molar-refractivity contribution in [3.63, 3.8) is 0 Å². The topological polar surface area (TPSA) is 86.6 Å². The number of Topliss-reactive ketones (excluding diaryl/α,β-unsaturated/α-hetero) is 1. The quantitative estimate of drug-likeness (QED) is 0.667. The minimum atomic E-state index is -0.970. The van der Waals surface area contributed by atoms with Gasteiger partial charge in [0.1, 0.15) is 0 Å². The van der Waals surface area contributed by atoms with Gasteiger partial charge in [-0.25, -0.2) is 0 Å². The summed E-state index contributed by atoms with van der Waals surface area (Å²) in [7, 11) is 0. The lowest BCUT2D eigenvalue weighted by atomic mass is 9.80. The first-order valence-electron chi connectivity index (χ1n) is 8.90. The molecule has 136 valence electrons. The minimum Gasteiger partial charge on any atom is -0.394 e. The van der Waals surface area contributed by atoms with Gasteiger partial charge in [-0.1, -0.05) is 42.8 Å². The second kappa shape index (κ2) is 8.25. The first-order chi connectivity index (χ1) is 12.6. The molecule has 5 heteroatoms. The molecule has 26 heavy (non-hydrogen) atoms. The van der Waals surface area contributed by atoms with Crippen molar-refractivity contribution in [1.82, 2.24) is 5.32 Å². The molecule has 1 amide bonds. The van der Waals surface area contributed by atoms with Crippen LogP contribution in [0.3, 0.4) is 0 Å². The minimum absolute atomic E-state index is 0.00244. The van der Waals surface area contributed by atoms with Gasteiger partial charge in [0.25, 0.3) is 5.91 Å². The van der Waals surface area contributed by atoms with Crippen LogP contribution in [-0.2, 0) is 0 Å². The molecule has 0 radical (unpaired) electrons. The molecule has 5 nitrogen and oxygen atoms in total. The van der Waals surface area contributed by atoms with Gasteiger partial charge in [0.15, 0.2) is 5.78 Å². The van der Waals surface area contributed by atoms with E-state index in [-0.39, 0.29) is 24.2 Å². The number of hydrogen-bond acceptors (Lipinski definition) is 4. The van der Waals surface area contributed by atoms with Crippen molar-refractivity contribution < 1.29 is 19.8 Å². The van der Waals surface area contributed by atoms with Crippen LogP contribution in [0, 0.1) is 5.92 Å². The zero-order valence-electron chi connectivity index (χ0n) is 14.5. The molecule has 3 rings (SSSR count). The molecule has 0 aromatic heterocycles. The second-order valence-corrected chi connectivity index (χ2v) is 6.70. The van der Waals surface area contributed by atoms with Crippen molar-refractivity contribution in [2.45, 2.75) is 25.4 Å². The Hall–Kier alpha value is -2.50. The van der Waals surface area contributed by atoms with Crippen molar-refractivity contribution in [2.24, 2.45) is 5.92 Å². The molecular weight excluding hydrogens is 330 g/mol. The number of aliphatic hydroxyl groups is 2. The van der Waals surface area contributed by atoms with Crippen LogP contribution >= 0.6 is 0 Å². The number of carbonyl (C=O) groups is 2. The third-order valence-corrected chi connectivity index (χ3v) is 4.81. The summed E-state index contributed by atoms with van der Waals surface area (Å²) in [5.74, 6) is 0.0941. The fourth-order valence-electron chi connectivity index (χ4n) is 2.95. The highest BCUT2D eigenvalue weighted by molar-refractivity contribution is 5.99. The Morgan fingerprint density at radius 3 is 2.38 bits per heavy atom. The smallest absolute Gasteiger partial charge is 0.251 e. The van der Waals surface area contributed by atoms with E-state index in [2.05, 4.69) is 5.32 Å². The van der Waals surface area contributed by atoms with E-state index in [1.165, 1.54) is 0 Å². The summed E-state index contributed by atoms with van der Waals surface area (Å²) in [4.78, 5) is 24.4. The number of amides is 1. The Balaban J connectivity index is 1.71. The Morgan fingerprint density at radius 1 is 1.04 bits per heavy atom. The summed E-state index contributed by atoms with van der Waals surface area (Å²) in [5, 5.41) is 20.7. The summed E-state index contributed by atoms with van der Waals surface area (Å²) in [5.41, 5.74) is 3.02. The van der Waals surface area contributed by atoms with E-state index < -0.39 is 12.7 Å². The number of benzene rings is 2. The first kappa shape index (κ1) is 18.3. The number of carbonyl (C=O) groups excluding carboxylic acids is 2. The third-order valence-electron chi connectivity index (χ3n) is 4.81. The molecule has 0 spiro atoms. The molecule has 0 aliphatic heterocycles. The number of ketones is 1. The molecule has 1 atom stereocenters. The van der Waals surface area contributed by atoms with Gasteiger partial charge in [0.2, 0.25) is 0 Å². The third kappa shape index (κ3) is 4.18. The van der Waals surface area contributed by atoms with Crippen LogP contribution in [-0.4, -0.2) is 41.2 Å². The Morgan fingerprint density at radius 2 is 1.77 bits per heavy atom. The number of hydrogen-bond donors (Lipinski definition) is 3. The maximum absolute atomic E-state index is 12.3. The maximum atomic E-state index is 12.3. The highest BCUT2D eigenvalue weighted by atomic mass is 16.3. The highest BCUT2D eigenvalue weighted by Gasteiger charge is 2.25. The number of aliphatic hydroxyl groups excluding tert-OH is 2. The van der Waals surface area contributed by atoms with Crippen LogP contribution in [0.25, 0.3) is 11.1 Å². The van der Waals surface area contributed by atoms with Crippen molar-refractivity contribution in [2.75, 3.05) is 13.2 Å². The van der Waals surface area contributed by atoms with Crippen LogP contribution < -0.4 is 5.32 Å². The van der Waals surface area contributed by atoms with Gasteiger partial charge in [-0.2, -0.15) is 0 Å². The molecule has 1 saturated carbocycles. The molecule has 2 aromatic carbocycles. The van der Waals surface area contributed by atoms with Gasteiger partial charge < -0.3 is 15.5 Å². The maximum Gasteiger partial charge on any atom is 0.251 e. The monoisotopic (exact) mass is 353 g/mol. The summed E-state index contributed by atoms with van der Waals surface area (Å²) < 4.78 is 0. The first-order valence-corrected chi connectivity index (χ1v) is 8.90. The Bertz CT molecular complexity index is 781. The van der Waals surface area contributed by atoms with Crippen LogP contribution in [0.4, 0.5) is 0 Å². The fraction of sp³-hybridized carbons (Fsp3) is 0.333. The van der Waals surface area contributed by atoms with Gasteiger partial charge in [0, 0.05) is 23.6 Å². The largest absolute Gasteiger partial charge is 0.394 e. The standard InChI is InChI=1S/C21H23NO4/c23-13-19(24)12-22-21(26)18-6-2-5-17(11-18)14-7-9-16(10-8-14)20(25)15-3-1-4-15/h2,5-11,15,19,23-24H,1,3-4,12-13H2,(H,22,26)/t19-/m1/s1. The summed E-state index contributed by atoms with van der Waals surface area (Å²) in [6.07, 6.45) is 2.15. The number of rotatable bonds is 7.